The number of hydrogen-bond donors (Lipinski definition) is 1. The molecule has 0 atom stereocenters. The zero-order chi connectivity index (χ0) is 8.85. The number of hydrogen-bond acceptors (Lipinski definition) is 3. The van der Waals surface area contributed by atoms with E-state index in [4.69, 9.17) is 5.73 Å². The Bertz CT molecular complexity index is 221. The molecule has 0 aliphatic rings. The average molecular weight is 153 g/mol. The van der Waals surface area contributed by atoms with Gasteiger partial charge in [-0.1, -0.05) is 13.8 Å². The molecule has 0 saturated carbocycles. The molecule has 1 aromatic heterocycles. The van der Waals surface area contributed by atoms with E-state index in [0.717, 1.165) is 11.4 Å². The van der Waals surface area contributed by atoms with E-state index >= 15 is 0 Å². The number of nitrogens with two attached hydrogens (primary N) is 1. The normalized spacial score (nSPS) is 8.36. The smallest absolute Gasteiger partial charge is 0.144 e. The Morgan fingerprint density at radius 1 is 1.27 bits per heavy atom. The number of nitrogens with zero attached hydrogens (tertiary/aromatic N) is 2. The lowest BCUT2D eigenvalue weighted by Gasteiger charge is -1.96. The van der Waals surface area contributed by atoms with E-state index in [1.54, 1.807) is 6.20 Å². The molecular formula is C8H15N3. The number of rotatable bonds is 0. The molecule has 0 bridgehead atoms. The van der Waals surface area contributed by atoms with Gasteiger partial charge in [0.25, 0.3) is 0 Å². The molecule has 0 fully saturated rings. The summed E-state index contributed by atoms with van der Waals surface area (Å²) in [5, 5.41) is 0. The molecule has 3 heteroatoms. The monoisotopic (exact) mass is 153 g/mol. The molecule has 1 heterocycles. The highest BCUT2D eigenvalue weighted by Crippen LogP contribution is 2.01. The van der Waals surface area contributed by atoms with Crippen LogP contribution in [0.25, 0.3) is 0 Å². The lowest BCUT2D eigenvalue weighted by Crippen LogP contribution is -1.97. The lowest BCUT2D eigenvalue weighted by molar-refractivity contribution is 1.06. The maximum absolute atomic E-state index is 5.42. The van der Waals surface area contributed by atoms with Crippen LogP contribution in [0.15, 0.2) is 6.20 Å². The Kier molecular flexibility index (Phi) is 4.18. The molecule has 0 saturated heterocycles. The summed E-state index contributed by atoms with van der Waals surface area (Å²) < 4.78 is 0. The first-order valence-corrected chi connectivity index (χ1v) is 3.76. The Morgan fingerprint density at radius 2 is 1.82 bits per heavy atom. The van der Waals surface area contributed by atoms with Crippen molar-refractivity contribution in [3.8, 4) is 0 Å². The first-order chi connectivity index (χ1) is 5.20. The maximum Gasteiger partial charge on any atom is 0.144 e. The largest absolute Gasteiger partial charge is 0.382 e. The van der Waals surface area contributed by atoms with Crippen molar-refractivity contribution in [3.05, 3.63) is 17.6 Å². The second kappa shape index (κ2) is 4.66. The van der Waals surface area contributed by atoms with Gasteiger partial charge in [-0.05, 0) is 13.8 Å². The minimum absolute atomic E-state index is 0.514. The van der Waals surface area contributed by atoms with Crippen LogP contribution in [-0.2, 0) is 0 Å². The van der Waals surface area contributed by atoms with Crippen molar-refractivity contribution in [2.24, 2.45) is 0 Å². The molecule has 0 aromatic carbocycles. The fourth-order valence-electron chi connectivity index (χ4n) is 0.607. The third-order valence-corrected chi connectivity index (χ3v) is 1.11. The van der Waals surface area contributed by atoms with Crippen molar-refractivity contribution in [2.45, 2.75) is 27.7 Å². The minimum atomic E-state index is 0.514. The van der Waals surface area contributed by atoms with Crippen molar-refractivity contribution >= 4 is 5.82 Å². The molecule has 2 N–H and O–H groups in total. The predicted molar refractivity (Wildman–Crippen MR) is 47.3 cm³/mol. The molecule has 1 rings (SSSR count). The van der Waals surface area contributed by atoms with Crippen molar-refractivity contribution in [2.75, 3.05) is 5.73 Å². The second-order valence-corrected chi connectivity index (χ2v) is 1.98. The topological polar surface area (TPSA) is 51.8 Å². The van der Waals surface area contributed by atoms with Crippen molar-refractivity contribution in [1.29, 1.82) is 0 Å². The summed E-state index contributed by atoms with van der Waals surface area (Å²) in [7, 11) is 0. The Hall–Kier alpha value is -1.12. The molecule has 11 heavy (non-hydrogen) atoms. The van der Waals surface area contributed by atoms with Gasteiger partial charge in [-0.2, -0.15) is 0 Å². The first-order valence-electron chi connectivity index (χ1n) is 3.76. The highest BCUT2D eigenvalue weighted by atomic mass is 14.9. The molecule has 1 aromatic rings. The van der Waals surface area contributed by atoms with Crippen LogP contribution >= 0.6 is 0 Å². The molecule has 0 unspecified atom stereocenters. The summed E-state index contributed by atoms with van der Waals surface area (Å²) in [5.74, 6) is 0.514. The van der Waals surface area contributed by atoms with Crippen LogP contribution in [0.3, 0.4) is 0 Å². The van der Waals surface area contributed by atoms with Crippen LogP contribution in [0.2, 0.25) is 0 Å². The van der Waals surface area contributed by atoms with E-state index < -0.39 is 0 Å². The maximum atomic E-state index is 5.42. The van der Waals surface area contributed by atoms with Crippen LogP contribution in [0.1, 0.15) is 25.2 Å². The zero-order valence-corrected chi connectivity index (χ0v) is 7.55. The van der Waals surface area contributed by atoms with E-state index in [2.05, 4.69) is 9.97 Å². The van der Waals surface area contributed by atoms with Crippen LogP contribution < -0.4 is 5.73 Å². The van der Waals surface area contributed by atoms with Gasteiger partial charge in [-0.25, -0.2) is 4.98 Å². The van der Waals surface area contributed by atoms with E-state index in [0.29, 0.717) is 5.82 Å². The number of aromatic nitrogens is 2. The number of anilines is 1. The fraction of sp³-hybridized carbons (Fsp3) is 0.500. The molecule has 0 radical (unpaired) electrons. The summed E-state index contributed by atoms with van der Waals surface area (Å²) in [6.07, 6.45) is 1.66. The molecule has 0 aliphatic heterocycles. The summed E-state index contributed by atoms with van der Waals surface area (Å²) >= 11 is 0. The van der Waals surface area contributed by atoms with Crippen molar-refractivity contribution in [1.82, 2.24) is 9.97 Å². The van der Waals surface area contributed by atoms with Gasteiger partial charge in [-0.3, -0.25) is 4.98 Å². The van der Waals surface area contributed by atoms with Crippen LogP contribution in [0, 0.1) is 13.8 Å². The third-order valence-electron chi connectivity index (χ3n) is 1.11. The van der Waals surface area contributed by atoms with Gasteiger partial charge in [0.15, 0.2) is 0 Å². The summed E-state index contributed by atoms with van der Waals surface area (Å²) in [6, 6.07) is 0. The third kappa shape index (κ3) is 2.98. The van der Waals surface area contributed by atoms with Gasteiger partial charge >= 0.3 is 0 Å². The second-order valence-electron chi connectivity index (χ2n) is 1.98. The van der Waals surface area contributed by atoms with Crippen LogP contribution in [0.5, 0.6) is 0 Å². The summed E-state index contributed by atoms with van der Waals surface area (Å²) in [4.78, 5) is 7.98. The minimum Gasteiger partial charge on any atom is -0.382 e. The van der Waals surface area contributed by atoms with E-state index in [1.165, 1.54) is 0 Å². The van der Waals surface area contributed by atoms with E-state index in [-0.39, 0.29) is 0 Å². The highest BCUT2D eigenvalue weighted by molar-refractivity contribution is 5.32. The van der Waals surface area contributed by atoms with Gasteiger partial charge in [0, 0.05) is 0 Å². The Morgan fingerprint density at radius 3 is 2.18 bits per heavy atom. The Labute approximate surface area is 67.7 Å². The number of nitrogen functional groups attached to an aromatic ring is 1. The first kappa shape index (κ1) is 9.88. The van der Waals surface area contributed by atoms with Crippen LogP contribution in [-0.4, -0.2) is 9.97 Å². The quantitative estimate of drug-likeness (QED) is 0.617. The van der Waals surface area contributed by atoms with Gasteiger partial charge in [0.2, 0.25) is 0 Å². The SMILES string of the molecule is CC.Cc1cnc(N)c(C)n1. The van der Waals surface area contributed by atoms with E-state index in [9.17, 15) is 0 Å². The van der Waals surface area contributed by atoms with Gasteiger partial charge in [0.05, 0.1) is 17.6 Å². The molecular weight excluding hydrogens is 138 g/mol. The van der Waals surface area contributed by atoms with Crippen molar-refractivity contribution in [3.63, 3.8) is 0 Å². The fourth-order valence-corrected chi connectivity index (χ4v) is 0.607. The highest BCUT2D eigenvalue weighted by Gasteiger charge is 1.93. The molecule has 0 spiro atoms. The van der Waals surface area contributed by atoms with E-state index in [1.807, 2.05) is 27.7 Å². The molecule has 0 amide bonds. The lowest BCUT2D eigenvalue weighted by atomic mass is 10.4. The average Bonchev–Trinajstić information content (AvgIpc) is 2.02. The van der Waals surface area contributed by atoms with Gasteiger partial charge in [0.1, 0.15) is 5.82 Å². The molecule has 0 aliphatic carbocycles. The molecule has 62 valence electrons. The summed E-state index contributed by atoms with van der Waals surface area (Å²) in [6.45, 7) is 7.73. The standard InChI is InChI=1S/C6H9N3.C2H6/c1-4-3-8-6(7)5(2)9-4;1-2/h3H,1-2H3,(H2,7,8);1-2H3. The van der Waals surface area contributed by atoms with Crippen LogP contribution in [0.4, 0.5) is 5.82 Å². The predicted octanol–water partition coefficient (Wildman–Crippen LogP) is 1.70. The van der Waals surface area contributed by atoms with Crippen molar-refractivity contribution < 1.29 is 0 Å². The van der Waals surface area contributed by atoms with Gasteiger partial charge < -0.3 is 5.73 Å². The van der Waals surface area contributed by atoms with Gasteiger partial charge in [-0.15, -0.1) is 0 Å². The molecule has 3 nitrogen and oxygen atoms in total. The Balaban J connectivity index is 0.000000461. The zero-order valence-electron chi connectivity index (χ0n) is 7.55. The number of aryl methyl sites for hydroxylation is 2. The summed E-state index contributed by atoms with van der Waals surface area (Å²) in [5.41, 5.74) is 7.12.